The SMILES string of the molecule is [Al+3].[Cl-].[O-]c1c(CC(c2ccccc2)c2ccccc2)cc2ccccc2c1-c1c([O-])c(CC(c2ccccc2)c2ccccc2)cc2ccccc12. The number of hydrogen-bond donors (Lipinski definition) is 0. The van der Waals surface area contributed by atoms with Crippen molar-refractivity contribution in [2.75, 3.05) is 0 Å². The van der Waals surface area contributed by atoms with Gasteiger partial charge in [-0.05, 0) is 67.8 Å². The topological polar surface area (TPSA) is 46.1 Å². The van der Waals surface area contributed by atoms with Crippen LogP contribution in [0.4, 0.5) is 0 Å². The first-order valence-electron chi connectivity index (χ1n) is 17.3. The Morgan fingerprint density at radius 2 is 0.635 bits per heavy atom. The molecule has 8 aromatic rings. The molecule has 8 aromatic carbocycles. The van der Waals surface area contributed by atoms with Crippen LogP contribution in [0.2, 0.25) is 0 Å². The van der Waals surface area contributed by atoms with Crippen LogP contribution in [0.1, 0.15) is 45.2 Å². The third-order valence-electron chi connectivity index (χ3n) is 10.1. The number of halogens is 1. The van der Waals surface area contributed by atoms with Gasteiger partial charge >= 0.3 is 17.4 Å². The van der Waals surface area contributed by atoms with Gasteiger partial charge < -0.3 is 22.6 Å². The molecule has 0 aromatic heterocycles. The predicted octanol–water partition coefficient (Wildman–Crippen LogP) is 7.18. The maximum absolute atomic E-state index is 15.0. The molecule has 52 heavy (non-hydrogen) atoms. The minimum atomic E-state index is -0.0809. The molecule has 0 unspecified atom stereocenters. The maximum Gasteiger partial charge on any atom is 3.00 e. The van der Waals surface area contributed by atoms with Crippen molar-refractivity contribution in [1.29, 1.82) is 0 Å². The second kappa shape index (κ2) is 16.4. The van der Waals surface area contributed by atoms with Crippen LogP contribution >= 0.6 is 0 Å². The van der Waals surface area contributed by atoms with Gasteiger partial charge in [0.2, 0.25) is 0 Å². The summed E-state index contributed by atoms with van der Waals surface area (Å²) in [5.74, 6) is -0.205. The normalized spacial score (nSPS) is 11.0. The van der Waals surface area contributed by atoms with Crippen molar-refractivity contribution in [1.82, 2.24) is 0 Å². The summed E-state index contributed by atoms with van der Waals surface area (Å²) < 4.78 is 0. The van der Waals surface area contributed by atoms with Crippen LogP contribution in [0, 0.1) is 0 Å². The van der Waals surface area contributed by atoms with Crippen molar-refractivity contribution in [2.45, 2.75) is 24.7 Å². The minimum Gasteiger partial charge on any atom is -1.00 e. The van der Waals surface area contributed by atoms with Crippen LogP contribution in [0.3, 0.4) is 0 Å². The molecule has 2 nitrogen and oxygen atoms in total. The van der Waals surface area contributed by atoms with E-state index in [9.17, 15) is 0 Å². The molecular formula is C48H36AlClO2. The number of fused-ring (bicyclic) bond motifs is 2. The van der Waals surface area contributed by atoms with Gasteiger partial charge in [0.05, 0.1) is 0 Å². The second-order valence-electron chi connectivity index (χ2n) is 13.1. The molecule has 4 heteroatoms. The van der Waals surface area contributed by atoms with E-state index in [1.54, 1.807) is 0 Å². The fraction of sp³-hybridized carbons (Fsp3) is 0.0833. The fourth-order valence-electron chi connectivity index (χ4n) is 7.61. The Labute approximate surface area is 322 Å². The number of benzene rings is 8. The molecule has 0 atom stereocenters. The Hall–Kier alpha value is -5.30. The molecule has 0 amide bonds. The van der Waals surface area contributed by atoms with Crippen molar-refractivity contribution in [3.63, 3.8) is 0 Å². The van der Waals surface area contributed by atoms with Crippen LogP contribution in [-0.2, 0) is 12.8 Å². The molecule has 0 saturated carbocycles. The molecule has 0 fully saturated rings. The molecule has 0 aliphatic rings. The molecule has 0 radical (unpaired) electrons. The Bertz CT molecular complexity index is 2150. The molecule has 250 valence electrons. The van der Waals surface area contributed by atoms with Crippen molar-refractivity contribution < 1.29 is 22.6 Å². The summed E-state index contributed by atoms with van der Waals surface area (Å²) in [5.41, 5.74) is 7.01. The van der Waals surface area contributed by atoms with Crippen LogP contribution in [0.15, 0.2) is 182 Å². The first kappa shape index (κ1) is 36.5. The molecule has 0 bridgehead atoms. The Kier molecular flexibility index (Phi) is 11.5. The third-order valence-corrected chi connectivity index (χ3v) is 10.1. The molecule has 0 N–H and O–H groups in total. The third kappa shape index (κ3) is 7.23. The van der Waals surface area contributed by atoms with Crippen molar-refractivity contribution >= 4 is 38.9 Å². The van der Waals surface area contributed by atoms with Gasteiger partial charge in [-0.2, -0.15) is 0 Å². The van der Waals surface area contributed by atoms with E-state index in [1.807, 2.05) is 72.8 Å². The van der Waals surface area contributed by atoms with Gasteiger partial charge in [0, 0.05) is 11.8 Å². The van der Waals surface area contributed by atoms with Gasteiger partial charge in [-0.3, -0.25) is 0 Å². The summed E-state index contributed by atoms with van der Waals surface area (Å²) in [7, 11) is 0. The van der Waals surface area contributed by atoms with E-state index in [1.165, 1.54) is 0 Å². The summed E-state index contributed by atoms with van der Waals surface area (Å²) in [5, 5.41) is 33.6. The van der Waals surface area contributed by atoms with E-state index in [4.69, 9.17) is 0 Å². The van der Waals surface area contributed by atoms with Gasteiger partial charge in [0.1, 0.15) is 0 Å². The molecule has 0 saturated heterocycles. The van der Waals surface area contributed by atoms with Crippen LogP contribution in [-0.4, -0.2) is 17.4 Å². The molecule has 8 rings (SSSR count). The number of rotatable bonds is 9. The van der Waals surface area contributed by atoms with Crippen LogP contribution < -0.4 is 22.6 Å². The Balaban J connectivity index is 0.00000232. The Morgan fingerprint density at radius 3 is 0.942 bits per heavy atom. The number of hydrogen-bond acceptors (Lipinski definition) is 2. The largest absolute Gasteiger partial charge is 3.00 e. The van der Waals surface area contributed by atoms with Crippen LogP contribution in [0.5, 0.6) is 11.5 Å². The zero-order chi connectivity index (χ0) is 33.9. The fourth-order valence-corrected chi connectivity index (χ4v) is 7.61. The summed E-state index contributed by atoms with van der Waals surface area (Å²) in [4.78, 5) is 0. The molecule has 0 aliphatic heterocycles. The summed E-state index contributed by atoms with van der Waals surface area (Å²) >= 11 is 0. The summed E-state index contributed by atoms with van der Waals surface area (Å²) in [6.07, 6.45) is 1.03. The predicted molar refractivity (Wildman–Crippen MR) is 208 cm³/mol. The smallest absolute Gasteiger partial charge is 1.00 e. The average Bonchev–Trinajstić information content (AvgIpc) is 3.18. The van der Waals surface area contributed by atoms with Gasteiger partial charge in [0.15, 0.2) is 0 Å². The Morgan fingerprint density at radius 1 is 0.365 bits per heavy atom. The van der Waals surface area contributed by atoms with Gasteiger partial charge in [-0.1, -0.05) is 205 Å². The van der Waals surface area contributed by atoms with Crippen LogP contribution in [0.25, 0.3) is 32.7 Å². The van der Waals surface area contributed by atoms with Gasteiger partial charge in [-0.25, -0.2) is 0 Å². The van der Waals surface area contributed by atoms with Crippen molar-refractivity contribution in [3.8, 4) is 22.6 Å². The first-order valence-corrected chi connectivity index (χ1v) is 17.3. The van der Waals surface area contributed by atoms with E-state index >= 15 is 10.2 Å². The molecule has 0 spiro atoms. The zero-order valence-corrected chi connectivity index (χ0v) is 30.6. The first-order chi connectivity index (χ1) is 24.7. The molecule has 0 heterocycles. The van der Waals surface area contributed by atoms with E-state index in [2.05, 4.69) is 109 Å². The average molecular weight is 707 g/mol. The standard InChI is InChI=1S/C48H38O2.Al.ClH/c49-47-39(31-43(33-17-5-1-6-18-33)34-19-7-2-8-20-34)29-37-25-13-15-27-41(37)45(47)46-42-28-16-14-26-38(42)30-40(48(46)50)32-44(35-21-9-3-10-22-35)36-23-11-4-12-24-36;;/h1-30,43-44,49-50H,31-32H2;;1H/q;+3;/p-3. The maximum atomic E-state index is 15.0. The summed E-state index contributed by atoms with van der Waals surface area (Å²) in [6, 6.07) is 61.6. The molecular weight excluding hydrogens is 671 g/mol. The monoisotopic (exact) mass is 706 g/mol. The summed E-state index contributed by atoms with van der Waals surface area (Å²) in [6.45, 7) is 0. The van der Waals surface area contributed by atoms with Crippen molar-refractivity contribution in [3.05, 3.63) is 215 Å². The van der Waals surface area contributed by atoms with E-state index < -0.39 is 0 Å². The van der Waals surface area contributed by atoms with Crippen molar-refractivity contribution in [2.24, 2.45) is 0 Å². The minimum absolute atomic E-state index is 0. The quantitative estimate of drug-likeness (QED) is 0.149. The zero-order valence-electron chi connectivity index (χ0n) is 28.7. The van der Waals surface area contributed by atoms with E-state index in [-0.39, 0.29) is 53.1 Å². The second-order valence-corrected chi connectivity index (χ2v) is 13.1. The van der Waals surface area contributed by atoms with Gasteiger partial charge in [-0.15, -0.1) is 0 Å². The van der Waals surface area contributed by atoms with E-state index in [0.717, 1.165) is 43.8 Å². The van der Waals surface area contributed by atoms with Gasteiger partial charge in [0.25, 0.3) is 0 Å². The van der Waals surface area contributed by atoms with E-state index in [0.29, 0.717) is 35.1 Å². The molecule has 0 aliphatic carbocycles.